The number of hydrogen-bond acceptors (Lipinski definition) is 3. The molecule has 1 atom stereocenters. The van der Waals surface area contributed by atoms with Crippen LogP contribution in [0.15, 0.2) is 18.3 Å². The highest BCUT2D eigenvalue weighted by molar-refractivity contribution is 7.15. The van der Waals surface area contributed by atoms with Gasteiger partial charge < -0.3 is 5.32 Å². The highest BCUT2D eigenvalue weighted by Gasteiger charge is 2.12. The predicted molar refractivity (Wildman–Crippen MR) is 84.4 cm³/mol. The second kappa shape index (κ2) is 5.74. The quantitative estimate of drug-likeness (QED) is 0.882. The van der Waals surface area contributed by atoms with Crippen molar-refractivity contribution in [2.45, 2.75) is 40.5 Å². The molecule has 1 unspecified atom stereocenters. The lowest BCUT2D eigenvalue weighted by atomic mass is 9.90. The smallest absolute Gasteiger partial charge is 0.182 e. The van der Waals surface area contributed by atoms with E-state index in [1.807, 2.05) is 6.20 Å². The number of aryl methyl sites for hydroxylation is 4. The number of anilines is 1. The number of nitrogens with one attached hydrogen (secondary N) is 1. The van der Waals surface area contributed by atoms with Crippen LogP contribution in [-0.2, 0) is 0 Å². The van der Waals surface area contributed by atoms with Crippen molar-refractivity contribution in [1.29, 1.82) is 0 Å². The molecule has 19 heavy (non-hydrogen) atoms. The number of benzene rings is 1. The average Bonchev–Trinajstić information content (AvgIpc) is 2.71. The van der Waals surface area contributed by atoms with Gasteiger partial charge in [-0.15, -0.1) is 11.3 Å². The lowest BCUT2D eigenvalue weighted by Crippen LogP contribution is -2.12. The lowest BCUT2D eigenvalue weighted by Gasteiger charge is -2.18. The summed E-state index contributed by atoms with van der Waals surface area (Å²) in [6.45, 7) is 11.9. The summed E-state index contributed by atoms with van der Waals surface area (Å²) < 4.78 is 0. The van der Waals surface area contributed by atoms with Gasteiger partial charge in [0.1, 0.15) is 0 Å². The topological polar surface area (TPSA) is 24.9 Å². The first-order chi connectivity index (χ1) is 8.97. The zero-order valence-electron chi connectivity index (χ0n) is 12.4. The van der Waals surface area contributed by atoms with E-state index in [2.05, 4.69) is 57.1 Å². The number of thiazole rings is 1. The molecule has 0 fully saturated rings. The molecule has 102 valence electrons. The van der Waals surface area contributed by atoms with Crippen LogP contribution in [0.4, 0.5) is 5.13 Å². The van der Waals surface area contributed by atoms with Gasteiger partial charge in [0.15, 0.2) is 5.13 Å². The lowest BCUT2D eigenvalue weighted by molar-refractivity contribution is 0.788. The SMILES string of the molecule is Cc1cc(C)c(C(C)CNc2ncc(C)s2)c(C)c1. The summed E-state index contributed by atoms with van der Waals surface area (Å²) in [7, 11) is 0. The fourth-order valence-corrected chi connectivity index (χ4v) is 3.42. The van der Waals surface area contributed by atoms with Crippen LogP contribution in [0.3, 0.4) is 0 Å². The summed E-state index contributed by atoms with van der Waals surface area (Å²) in [6, 6.07) is 4.54. The molecule has 0 bridgehead atoms. The van der Waals surface area contributed by atoms with Crippen molar-refractivity contribution < 1.29 is 0 Å². The van der Waals surface area contributed by atoms with Crippen LogP contribution in [0.2, 0.25) is 0 Å². The maximum absolute atomic E-state index is 4.35. The van der Waals surface area contributed by atoms with E-state index in [-0.39, 0.29) is 0 Å². The van der Waals surface area contributed by atoms with Gasteiger partial charge in [-0.2, -0.15) is 0 Å². The van der Waals surface area contributed by atoms with Crippen LogP contribution < -0.4 is 5.32 Å². The van der Waals surface area contributed by atoms with E-state index in [9.17, 15) is 0 Å². The number of hydrogen-bond donors (Lipinski definition) is 1. The van der Waals surface area contributed by atoms with Gasteiger partial charge in [-0.1, -0.05) is 24.6 Å². The molecule has 1 heterocycles. The van der Waals surface area contributed by atoms with Crippen LogP contribution in [-0.4, -0.2) is 11.5 Å². The Morgan fingerprint density at radius 3 is 2.32 bits per heavy atom. The standard InChI is InChI=1S/C16H22N2S/c1-10-6-11(2)15(12(3)7-10)13(4)8-17-16-18-9-14(5)19-16/h6-7,9,13H,8H2,1-5H3,(H,17,18). The van der Waals surface area contributed by atoms with Crippen LogP contribution in [0.1, 0.15) is 40.0 Å². The van der Waals surface area contributed by atoms with Crippen molar-refractivity contribution >= 4 is 16.5 Å². The van der Waals surface area contributed by atoms with Gasteiger partial charge in [0.2, 0.25) is 0 Å². The van der Waals surface area contributed by atoms with Crippen LogP contribution >= 0.6 is 11.3 Å². The molecule has 0 saturated carbocycles. The van der Waals surface area contributed by atoms with E-state index in [0.717, 1.165) is 11.7 Å². The van der Waals surface area contributed by atoms with Gasteiger partial charge in [0.05, 0.1) is 0 Å². The van der Waals surface area contributed by atoms with Crippen molar-refractivity contribution in [3.63, 3.8) is 0 Å². The van der Waals surface area contributed by atoms with E-state index in [0.29, 0.717) is 5.92 Å². The number of aromatic nitrogens is 1. The number of rotatable bonds is 4. The fourth-order valence-electron chi connectivity index (χ4n) is 2.75. The summed E-state index contributed by atoms with van der Waals surface area (Å²) in [4.78, 5) is 5.60. The molecule has 1 aromatic carbocycles. The van der Waals surface area contributed by atoms with Crippen molar-refractivity contribution in [3.05, 3.63) is 45.5 Å². The molecule has 2 rings (SSSR count). The second-order valence-electron chi connectivity index (χ2n) is 5.37. The molecule has 0 aliphatic heterocycles. The highest BCUT2D eigenvalue weighted by atomic mass is 32.1. The van der Waals surface area contributed by atoms with Gasteiger partial charge in [-0.05, 0) is 50.3 Å². The average molecular weight is 274 g/mol. The third-order valence-electron chi connectivity index (χ3n) is 3.41. The summed E-state index contributed by atoms with van der Waals surface area (Å²) in [5, 5.41) is 4.46. The minimum absolute atomic E-state index is 0.491. The van der Waals surface area contributed by atoms with Crippen molar-refractivity contribution in [3.8, 4) is 0 Å². The molecular weight excluding hydrogens is 252 g/mol. The first kappa shape index (κ1) is 14.1. The Morgan fingerprint density at radius 2 is 1.79 bits per heavy atom. The summed E-state index contributed by atoms with van der Waals surface area (Å²) in [5.41, 5.74) is 5.59. The van der Waals surface area contributed by atoms with E-state index < -0.39 is 0 Å². The minimum Gasteiger partial charge on any atom is -0.361 e. The Bertz CT molecular complexity index is 549. The molecule has 2 nitrogen and oxygen atoms in total. The zero-order valence-corrected chi connectivity index (χ0v) is 13.2. The molecule has 1 N–H and O–H groups in total. The predicted octanol–water partition coefficient (Wildman–Crippen LogP) is 4.59. The van der Waals surface area contributed by atoms with Gasteiger partial charge in [-0.25, -0.2) is 4.98 Å². The van der Waals surface area contributed by atoms with E-state index in [1.165, 1.54) is 27.1 Å². The monoisotopic (exact) mass is 274 g/mol. The maximum Gasteiger partial charge on any atom is 0.182 e. The molecule has 2 aromatic rings. The molecular formula is C16H22N2S. The van der Waals surface area contributed by atoms with Crippen LogP contribution in [0.5, 0.6) is 0 Å². The van der Waals surface area contributed by atoms with Crippen molar-refractivity contribution in [1.82, 2.24) is 4.98 Å². The van der Waals surface area contributed by atoms with Crippen LogP contribution in [0.25, 0.3) is 0 Å². The Balaban J connectivity index is 2.10. The summed E-state index contributed by atoms with van der Waals surface area (Å²) in [6.07, 6.45) is 1.92. The Kier molecular flexibility index (Phi) is 4.25. The third kappa shape index (κ3) is 3.35. The number of nitrogens with zero attached hydrogens (tertiary/aromatic N) is 1. The molecule has 0 spiro atoms. The van der Waals surface area contributed by atoms with E-state index >= 15 is 0 Å². The summed E-state index contributed by atoms with van der Waals surface area (Å²) in [5.74, 6) is 0.491. The molecule has 0 aliphatic carbocycles. The van der Waals surface area contributed by atoms with Gasteiger partial charge in [0.25, 0.3) is 0 Å². The van der Waals surface area contributed by atoms with Crippen LogP contribution in [0, 0.1) is 27.7 Å². The molecule has 0 saturated heterocycles. The Morgan fingerprint density at radius 1 is 1.16 bits per heavy atom. The maximum atomic E-state index is 4.35. The normalized spacial score (nSPS) is 12.5. The van der Waals surface area contributed by atoms with Crippen molar-refractivity contribution in [2.75, 3.05) is 11.9 Å². The highest BCUT2D eigenvalue weighted by Crippen LogP contribution is 2.26. The molecule has 0 amide bonds. The van der Waals surface area contributed by atoms with Gasteiger partial charge >= 0.3 is 0 Å². The molecule has 1 aromatic heterocycles. The minimum atomic E-state index is 0.491. The Hall–Kier alpha value is -1.35. The second-order valence-corrected chi connectivity index (χ2v) is 6.61. The van der Waals surface area contributed by atoms with E-state index in [4.69, 9.17) is 0 Å². The van der Waals surface area contributed by atoms with Gasteiger partial charge in [-0.3, -0.25) is 0 Å². The zero-order chi connectivity index (χ0) is 14.0. The van der Waals surface area contributed by atoms with Crippen molar-refractivity contribution in [2.24, 2.45) is 0 Å². The first-order valence-corrected chi connectivity index (χ1v) is 7.53. The molecule has 0 radical (unpaired) electrons. The first-order valence-electron chi connectivity index (χ1n) is 6.71. The molecule has 3 heteroatoms. The third-order valence-corrected chi connectivity index (χ3v) is 4.28. The summed E-state index contributed by atoms with van der Waals surface area (Å²) >= 11 is 1.71. The largest absolute Gasteiger partial charge is 0.361 e. The molecule has 0 aliphatic rings. The Labute approximate surface area is 119 Å². The van der Waals surface area contributed by atoms with E-state index in [1.54, 1.807) is 11.3 Å². The fraction of sp³-hybridized carbons (Fsp3) is 0.438. The van der Waals surface area contributed by atoms with Gasteiger partial charge in [0, 0.05) is 17.6 Å².